The van der Waals surface area contributed by atoms with Gasteiger partial charge in [0.1, 0.15) is 5.01 Å². The molecule has 0 spiro atoms. The highest BCUT2D eigenvalue weighted by Gasteiger charge is 2.09. The Morgan fingerprint density at radius 1 is 1.50 bits per heavy atom. The molecule has 1 heterocycles. The van der Waals surface area contributed by atoms with Crippen molar-refractivity contribution in [2.24, 2.45) is 0 Å². The minimum Gasteiger partial charge on any atom is -0.391 e. The third-order valence-corrected chi connectivity index (χ3v) is 3.66. The Balaban J connectivity index is 2.34. The zero-order chi connectivity index (χ0) is 13.1. The average molecular weight is 262 g/mol. The molecular formula is C13H14N2O2S. The number of thiazole rings is 1. The van der Waals surface area contributed by atoms with Crippen LogP contribution in [0.3, 0.4) is 0 Å². The zero-order valence-corrected chi connectivity index (χ0v) is 11.0. The SMILES string of the molecule is CC(=O)Nc1cccc(-c2nc(C)c(CO)s2)c1. The first kappa shape index (κ1) is 12.7. The third kappa shape index (κ3) is 2.75. The second-order valence-corrected chi connectivity index (χ2v) is 5.03. The molecule has 2 aromatic rings. The van der Waals surface area contributed by atoms with Gasteiger partial charge in [0.05, 0.1) is 17.2 Å². The smallest absolute Gasteiger partial charge is 0.221 e. The number of carbonyl (C=O) groups is 1. The Hall–Kier alpha value is -1.72. The first-order valence-electron chi connectivity index (χ1n) is 5.55. The zero-order valence-electron chi connectivity index (χ0n) is 10.2. The second kappa shape index (κ2) is 5.29. The molecule has 1 aromatic heterocycles. The maximum atomic E-state index is 11.0. The number of aliphatic hydroxyl groups excluding tert-OH is 1. The fourth-order valence-corrected chi connectivity index (χ4v) is 2.55. The Bertz CT molecular complexity index is 578. The van der Waals surface area contributed by atoms with Crippen LogP contribution in [0.1, 0.15) is 17.5 Å². The lowest BCUT2D eigenvalue weighted by atomic mass is 10.2. The van der Waals surface area contributed by atoms with Gasteiger partial charge in [-0.3, -0.25) is 4.79 Å². The molecule has 2 N–H and O–H groups in total. The van der Waals surface area contributed by atoms with E-state index in [1.807, 2.05) is 31.2 Å². The lowest BCUT2D eigenvalue weighted by Gasteiger charge is -2.03. The van der Waals surface area contributed by atoms with Crippen molar-refractivity contribution in [3.63, 3.8) is 0 Å². The highest BCUT2D eigenvalue weighted by molar-refractivity contribution is 7.15. The number of rotatable bonds is 3. The van der Waals surface area contributed by atoms with Crippen LogP contribution in [0.2, 0.25) is 0 Å². The molecule has 0 aliphatic carbocycles. The molecule has 1 aromatic carbocycles. The van der Waals surface area contributed by atoms with E-state index < -0.39 is 0 Å². The van der Waals surface area contributed by atoms with Crippen LogP contribution >= 0.6 is 11.3 Å². The lowest BCUT2D eigenvalue weighted by molar-refractivity contribution is -0.114. The van der Waals surface area contributed by atoms with E-state index in [0.717, 1.165) is 26.8 Å². The summed E-state index contributed by atoms with van der Waals surface area (Å²) >= 11 is 1.47. The van der Waals surface area contributed by atoms with E-state index in [9.17, 15) is 4.79 Å². The molecule has 0 atom stereocenters. The molecule has 5 heteroatoms. The maximum absolute atomic E-state index is 11.0. The first-order valence-corrected chi connectivity index (χ1v) is 6.37. The van der Waals surface area contributed by atoms with Gasteiger partial charge >= 0.3 is 0 Å². The van der Waals surface area contributed by atoms with Crippen molar-refractivity contribution in [1.82, 2.24) is 4.98 Å². The number of amides is 1. The van der Waals surface area contributed by atoms with Gasteiger partial charge in [0.2, 0.25) is 5.91 Å². The highest BCUT2D eigenvalue weighted by Crippen LogP contribution is 2.29. The van der Waals surface area contributed by atoms with E-state index in [2.05, 4.69) is 10.3 Å². The minimum atomic E-state index is -0.0986. The van der Waals surface area contributed by atoms with Crippen LogP contribution in [0.15, 0.2) is 24.3 Å². The number of anilines is 1. The van der Waals surface area contributed by atoms with Gasteiger partial charge in [-0.05, 0) is 19.1 Å². The van der Waals surface area contributed by atoms with Gasteiger partial charge in [0, 0.05) is 18.2 Å². The quantitative estimate of drug-likeness (QED) is 0.893. The summed E-state index contributed by atoms with van der Waals surface area (Å²) in [5.41, 5.74) is 2.54. The molecule has 94 valence electrons. The number of hydrogen-bond acceptors (Lipinski definition) is 4. The van der Waals surface area contributed by atoms with Gasteiger partial charge in [0.25, 0.3) is 0 Å². The monoisotopic (exact) mass is 262 g/mol. The van der Waals surface area contributed by atoms with Crippen LogP contribution in [-0.2, 0) is 11.4 Å². The van der Waals surface area contributed by atoms with Crippen molar-refractivity contribution in [2.75, 3.05) is 5.32 Å². The predicted molar refractivity (Wildman–Crippen MR) is 72.5 cm³/mol. The Morgan fingerprint density at radius 3 is 2.89 bits per heavy atom. The molecule has 2 rings (SSSR count). The van der Waals surface area contributed by atoms with Gasteiger partial charge < -0.3 is 10.4 Å². The van der Waals surface area contributed by atoms with Crippen LogP contribution in [-0.4, -0.2) is 16.0 Å². The summed E-state index contributed by atoms with van der Waals surface area (Å²) in [6, 6.07) is 7.51. The molecule has 1 amide bonds. The van der Waals surface area contributed by atoms with Crippen molar-refractivity contribution >= 4 is 22.9 Å². The molecule has 0 aliphatic heterocycles. The molecule has 0 radical (unpaired) electrons. The van der Waals surface area contributed by atoms with Gasteiger partial charge in [-0.1, -0.05) is 12.1 Å². The van der Waals surface area contributed by atoms with Gasteiger partial charge in [-0.25, -0.2) is 4.98 Å². The number of hydrogen-bond donors (Lipinski definition) is 2. The highest BCUT2D eigenvalue weighted by atomic mass is 32.1. The Labute approximate surface area is 109 Å². The molecule has 0 unspecified atom stereocenters. The minimum absolute atomic E-state index is 0.00882. The summed E-state index contributed by atoms with van der Waals surface area (Å²) in [5, 5.41) is 12.8. The number of aromatic nitrogens is 1. The first-order chi connectivity index (χ1) is 8.60. The summed E-state index contributed by atoms with van der Waals surface area (Å²) in [6.45, 7) is 3.36. The average Bonchev–Trinajstić information content (AvgIpc) is 2.70. The number of benzene rings is 1. The number of aliphatic hydroxyl groups is 1. The fourth-order valence-electron chi connectivity index (χ4n) is 1.63. The van der Waals surface area contributed by atoms with E-state index in [4.69, 9.17) is 5.11 Å². The van der Waals surface area contributed by atoms with Crippen molar-refractivity contribution in [3.8, 4) is 10.6 Å². The number of carbonyl (C=O) groups excluding carboxylic acids is 1. The molecule has 0 bridgehead atoms. The molecule has 4 nitrogen and oxygen atoms in total. The molecule has 0 saturated heterocycles. The molecule has 0 fully saturated rings. The van der Waals surface area contributed by atoms with Crippen LogP contribution < -0.4 is 5.32 Å². The molecule has 0 saturated carbocycles. The van der Waals surface area contributed by atoms with E-state index in [-0.39, 0.29) is 12.5 Å². The van der Waals surface area contributed by atoms with Crippen molar-refractivity contribution in [2.45, 2.75) is 20.5 Å². The molecular weight excluding hydrogens is 248 g/mol. The number of aryl methyl sites for hydroxylation is 1. The molecule has 18 heavy (non-hydrogen) atoms. The predicted octanol–water partition coefficient (Wildman–Crippen LogP) is 2.57. The summed E-state index contributed by atoms with van der Waals surface area (Å²) in [7, 11) is 0. The largest absolute Gasteiger partial charge is 0.391 e. The van der Waals surface area contributed by atoms with Crippen LogP contribution in [0, 0.1) is 6.92 Å². The summed E-state index contributed by atoms with van der Waals surface area (Å²) in [5.74, 6) is -0.0986. The number of nitrogens with one attached hydrogen (secondary N) is 1. The van der Waals surface area contributed by atoms with Crippen molar-refractivity contribution < 1.29 is 9.90 Å². The van der Waals surface area contributed by atoms with Crippen molar-refractivity contribution in [3.05, 3.63) is 34.8 Å². The van der Waals surface area contributed by atoms with E-state index in [1.54, 1.807) is 0 Å². The van der Waals surface area contributed by atoms with E-state index in [1.165, 1.54) is 18.3 Å². The van der Waals surface area contributed by atoms with Gasteiger partial charge in [-0.2, -0.15) is 0 Å². The summed E-state index contributed by atoms with van der Waals surface area (Å²) in [6.07, 6.45) is 0. The lowest BCUT2D eigenvalue weighted by Crippen LogP contribution is -2.05. The summed E-state index contributed by atoms with van der Waals surface area (Å²) in [4.78, 5) is 16.3. The third-order valence-electron chi connectivity index (χ3n) is 2.47. The van der Waals surface area contributed by atoms with Gasteiger partial charge in [-0.15, -0.1) is 11.3 Å². The van der Waals surface area contributed by atoms with Crippen LogP contribution in [0.4, 0.5) is 5.69 Å². The standard InChI is InChI=1S/C13H14N2O2S/c1-8-12(7-16)18-13(14-8)10-4-3-5-11(6-10)15-9(2)17/h3-6,16H,7H2,1-2H3,(H,15,17). The summed E-state index contributed by atoms with van der Waals surface area (Å²) < 4.78 is 0. The van der Waals surface area contributed by atoms with Crippen LogP contribution in [0.5, 0.6) is 0 Å². The Kier molecular flexibility index (Phi) is 3.74. The van der Waals surface area contributed by atoms with Gasteiger partial charge in [0.15, 0.2) is 0 Å². The van der Waals surface area contributed by atoms with Crippen LogP contribution in [0.25, 0.3) is 10.6 Å². The van der Waals surface area contributed by atoms with E-state index >= 15 is 0 Å². The normalized spacial score (nSPS) is 10.4. The second-order valence-electron chi connectivity index (χ2n) is 3.95. The topological polar surface area (TPSA) is 62.2 Å². The fraction of sp³-hybridized carbons (Fsp3) is 0.231. The number of nitrogens with zero attached hydrogens (tertiary/aromatic N) is 1. The van der Waals surface area contributed by atoms with E-state index in [0.29, 0.717) is 0 Å². The maximum Gasteiger partial charge on any atom is 0.221 e. The Morgan fingerprint density at radius 2 is 2.28 bits per heavy atom. The molecule has 0 aliphatic rings. The van der Waals surface area contributed by atoms with Crippen molar-refractivity contribution in [1.29, 1.82) is 0 Å².